The fourth-order valence-corrected chi connectivity index (χ4v) is 1.42. The predicted molar refractivity (Wildman–Crippen MR) is 74.2 cm³/mol. The van der Waals surface area contributed by atoms with Crippen molar-refractivity contribution in [1.82, 2.24) is 5.32 Å². The molecule has 1 unspecified atom stereocenters. The smallest absolute Gasteiger partial charge is 0.346 e. The first-order chi connectivity index (χ1) is 10.5. The maximum atomic E-state index is 12.8. The molecule has 1 amide bonds. The molecule has 7 nitrogen and oxygen atoms in total. The molecule has 0 aromatic heterocycles. The van der Waals surface area contributed by atoms with E-state index < -0.39 is 23.8 Å². The van der Waals surface area contributed by atoms with E-state index >= 15 is 0 Å². The zero-order valence-electron chi connectivity index (χ0n) is 12.1. The Bertz CT molecular complexity index is 479. The van der Waals surface area contributed by atoms with E-state index in [-0.39, 0.29) is 25.5 Å². The lowest BCUT2D eigenvalue weighted by atomic mass is 10.3. The number of hydrogen-bond acceptors (Lipinski definition) is 5. The standard InChI is InChI=1S/C14H18FNO6/c1-20-6-7-21-9-13(17)16-8-12(14(18)19)22-11-4-2-10(15)3-5-11/h2-5,12H,6-9H2,1H3,(H,16,17)(H,18,19). The minimum Gasteiger partial charge on any atom is -0.478 e. The second-order valence-corrected chi connectivity index (χ2v) is 4.25. The Morgan fingerprint density at radius 3 is 2.55 bits per heavy atom. The predicted octanol–water partition coefficient (Wildman–Crippen LogP) is 0.437. The fraction of sp³-hybridized carbons (Fsp3) is 0.429. The summed E-state index contributed by atoms with van der Waals surface area (Å²) in [7, 11) is 1.51. The van der Waals surface area contributed by atoms with Gasteiger partial charge in [-0.1, -0.05) is 0 Å². The van der Waals surface area contributed by atoms with Crippen LogP contribution >= 0.6 is 0 Å². The molecular weight excluding hydrogens is 297 g/mol. The quantitative estimate of drug-likeness (QED) is 0.608. The van der Waals surface area contributed by atoms with Gasteiger partial charge in [0.05, 0.1) is 19.8 Å². The molecule has 1 aromatic rings. The summed E-state index contributed by atoms with van der Waals surface area (Å²) in [5, 5.41) is 11.4. The van der Waals surface area contributed by atoms with Crippen molar-refractivity contribution in [2.24, 2.45) is 0 Å². The van der Waals surface area contributed by atoms with Crippen LogP contribution in [0.2, 0.25) is 0 Å². The lowest BCUT2D eigenvalue weighted by Crippen LogP contribution is -2.41. The van der Waals surface area contributed by atoms with Gasteiger partial charge < -0.3 is 24.6 Å². The third-order valence-corrected chi connectivity index (χ3v) is 2.52. The van der Waals surface area contributed by atoms with Crippen LogP contribution < -0.4 is 10.1 Å². The van der Waals surface area contributed by atoms with Crippen LogP contribution in [0.4, 0.5) is 4.39 Å². The highest BCUT2D eigenvalue weighted by Crippen LogP contribution is 2.13. The van der Waals surface area contributed by atoms with Gasteiger partial charge in [-0.15, -0.1) is 0 Å². The van der Waals surface area contributed by atoms with Crippen molar-refractivity contribution in [1.29, 1.82) is 0 Å². The van der Waals surface area contributed by atoms with E-state index in [4.69, 9.17) is 19.3 Å². The van der Waals surface area contributed by atoms with Crippen LogP contribution in [-0.2, 0) is 19.1 Å². The SMILES string of the molecule is COCCOCC(=O)NCC(Oc1ccc(F)cc1)C(=O)O. The van der Waals surface area contributed by atoms with E-state index in [0.717, 1.165) is 12.1 Å². The molecule has 0 aliphatic heterocycles. The van der Waals surface area contributed by atoms with Gasteiger partial charge in [-0.3, -0.25) is 4.79 Å². The molecule has 0 saturated carbocycles. The minimum atomic E-state index is -1.28. The molecule has 122 valence electrons. The van der Waals surface area contributed by atoms with Gasteiger partial charge in [0.2, 0.25) is 12.0 Å². The highest BCUT2D eigenvalue weighted by Gasteiger charge is 2.20. The Labute approximate surface area is 127 Å². The van der Waals surface area contributed by atoms with Crippen molar-refractivity contribution in [2.75, 3.05) is 33.5 Å². The normalized spacial score (nSPS) is 11.7. The Kier molecular flexibility index (Phi) is 7.87. The van der Waals surface area contributed by atoms with Crippen LogP contribution in [0, 0.1) is 5.82 Å². The molecule has 0 fully saturated rings. The molecule has 22 heavy (non-hydrogen) atoms. The fourth-order valence-electron chi connectivity index (χ4n) is 1.42. The molecule has 0 aliphatic rings. The first kappa shape index (κ1) is 17.9. The second-order valence-electron chi connectivity index (χ2n) is 4.25. The lowest BCUT2D eigenvalue weighted by molar-refractivity contribution is -0.145. The van der Waals surface area contributed by atoms with E-state index in [2.05, 4.69) is 5.32 Å². The molecule has 1 aromatic carbocycles. The molecule has 8 heteroatoms. The van der Waals surface area contributed by atoms with Gasteiger partial charge in [0.15, 0.2) is 0 Å². The Morgan fingerprint density at radius 2 is 1.95 bits per heavy atom. The highest BCUT2D eigenvalue weighted by atomic mass is 19.1. The minimum absolute atomic E-state index is 0.194. The number of carboxylic acid groups (broad SMARTS) is 1. The molecule has 0 aliphatic carbocycles. The number of methoxy groups -OCH3 is 1. The van der Waals surface area contributed by atoms with Gasteiger partial charge in [-0.2, -0.15) is 0 Å². The summed E-state index contributed by atoms with van der Waals surface area (Å²) in [6.45, 7) is 0.183. The summed E-state index contributed by atoms with van der Waals surface area (Å²) in [5.74, 6) is -1.98. The molecular formula is C14H18FNO6. The number of amides is 1. The van der Waals surface area contributed by atoms with E-state index in [1.54, 1.807) is 0 Å². The Morgan fingerprint density at radius 1 is 1.27 bits per heavy atom. The van der Waals surface area contributed by atoms with Crippen LogP contribution in [0.25, 0.3) is 0 Å². The number of carboxylic acids is 1. The zero-order valence-corrected chi connectivity index (χ0v) is 12.1. The van der Waals surface area contributed by atoms with Crippen molar-refractivity contribution in [3.63, 3.8) is 0 Å². The summed E-state index contributed by atoms with van der Waals surface area (Å²) in [6, 6.07) is 4.91. The third-order valence-electron chi connectivity index (χ3n) is 2.52. The molecule has 0 bridgehead atoms. The van der Waals surface area contributed by atoms with Gasteiger partial charge in [-0.25, -0.2) is 9.18 Å². The lowest BCUT2D eigenvalue weighted by Gasteiger charge is -2.15. The van der Waals surface area contributed by atoms with Crippen molar-refractivity contribution >= 4 is 11.9 Å². The summed E-state index contributed by atoms with van der Waals surface area (Å²) in [6.07, 6.45) is -1.28. The van der Waals surface area contributed by atoms with Crippen molar-refractivity contribution in [2.45, 2.75) is 6.10 Å². The molecule has 1 atom stereocenters. The van der Waals surface area contributed by atoms with Gasteiger partial charge in [0.25, 0.3) is 0 Å². The Hall–Kier alpha value is -2.19. The first-order valence-electron chi connectivity index (χ1n) is 6.51. The zero-order chi connectivity index (χ0) is 16.4. The van der Waals surface area contributed by atoms with Crippen LogP contribution in [-0.4, -0.2) is 56.6 Å². The molecule has 0 heterocycles. The average molecular weight is 315 g/mol. The number of carbonyl (C=O) groups is 2. The first-order valence-corrected chi connectivity index (χ1v) is 6.51. The van der Waals surface area contributed by atoms with Crippen molar-refractivity contribution < 1.29 is 33.3 Å². The van der Waals surface area contributed by atoms with Gasteiger partial charge >= 0.3 is 5.97 Å². The summed E-state index contributed by atoms with van der Waals surface area (Å²) >= 11 is 0. The largest absolute Gasteiger partial charge is 0.478 e. The molecule has 0 saturated heterocycles. The maximum Gasteiger partial charge on any atom is 0.346 e. The van der Waals surface area contributed by atoms with Crippen LogP contribution in [0.3, 0.4) is 0 Å². The van der Waals surface area contributed by atoms with Crippen molar-refractivity contribution in [3.05, 3.63) is 30.1 Å². The summed E-state index contributed by atoms with van der Waals surface area (Å²) in [4.78, 5) is 22.5. The number of carbonyl (C=O) groups excluding carboxylic acids is 1. The number of aliphatic carboxylic acids is 1. The second kappa shape index (κ2) is 9.69. The van der Waals surface area contributed by atoms with Gasteiger partial charge in [0, 0.05) is 7.11 Å². The van der Waals surface area contributed by atoms with Crippen molar-refractivity contribution in [3.8, 4) is 5.75 Å². The number of benzene rings is 1. The monoisotopic (exact) mass is 315 g/mol. The topological polar surface area (TPSA) is 94.1 Å². The number of nitrogens with one attached hydrogen (secondary N) is 1. The average Bonchev–Trinajstić information content (AvgIpc) is 2.49. The Balaban J connectivity index is 2.39. The van der Waals surface area contributed by atoms with Gasteiger partial charge in [-0.05, 0) is 24.3 Å². The number of halogens is 1. The molecule has 0 radical (unpaired) electrons. The third kappa shape index (κ3) is 7.00. The highest BCUT2D eigenvalue weighted by molar-refractivity contribution is 5.79. The molecule has 2 N–H and O–H groups in total. The molecule has 0 spiro atoms. The summed E-state index contributed by atoms with van der Waals surface area (Å²) in [5.41, 5.74) is 0. The van der Waals surface area contributed by atoms with E-state index in [1.165, 1.54) is 19.2 Å². The number of rotatable bonds is 10. The van der Waals surface area contributed by atoms with E-state index in [9.17, 15) is 14.0 Å². The van der Waals surface area contributed by atoms with Crippen LogP contribution in [0.5, 0.6) is 5.75 Å². The van der Waals surface area contributed by atoms with Crippen LogP contribution in [0.1, 0.15) is 0 Å². The van der Waals surface area contributed by atoms with E-state index in [1.807, 2.05) is 0 Å². The maximum absolute atomic E-state index is 12.8. The molecule has 1 rings (SSSR count). The van der Waals surface area contributed by atoms with E-state index in [0.29, 0.717) is 6.61 Å². The number of ether oxygens (including phenoxy) is 3. The van der Waals surface area contributed by atoms with Crippen LogP contribution in [0.15, 0.2) is 24.3 Å². The summed E-state index contributed by atoms with van der Waals surface area (Å²) < 4.78 is 27.7. The number of hydrogen-bond donors (Lipinski definition) is 2. The van der Waals surface area contributed by atoms with Gasteiger partial charge in [0.1, 0.15) is 18.2 Å².